The van der Waals surface area contributed by atoms with Crippen LogP contribution in [0.25, 0.3) is 12.2 Å². The molecule has 37 heavy (non-hydrogen) atoms. The van der Waals surface area contributed by atoms with Crippen molar-refractivity contribution in [2.24, 2.45) is 5.73 Å². The summed E-state index contributed by atoms with van der Waals surface area (Å²) in [4.78, 5) is 0. The minimum atomic E-state index is 0.487. The zero-order valence-corrected chi connectivity index (χ0v) is 21.5. The zero-order chi connectivity index (χ0) is 25.5. The van der Waals surface area contributed by atoms with Gasteiger partial charge in [0.1, 0.15) is 19.8 Å². The van der Waals surface area contributed by atoms with Crippen LogP contribution in [0.3, 0.4) is 0 Å². The number of nitrogens with zero attached hydrogens (tertiary/aromatic N) is 1. The van der Waals surface area contributed by atoms with Crippen molar-refractivity contribution < 1.29 is 14.0 Å². The van der Waals surface area contributed by atoms with Crippen molar-refractivity contribution in [3.63, 3.8) is 0 Å². The van der Waals surface area contributed by atoms with E-state index in [4.69, 9.17) is 15.2 Å². The van der Waals surface area contributed by atoms with Crippen molar-refractivity contribution in [2.45, 2.75) is 45.4 Å². The third kappa shape index (κ3) is 8.93. The van der Waals surface area contributed by atoms with Gasteiger partial charge in [0.2, 0.25) is 0 Å². The second-order valence-electron chi connectivity index (χ2n) is 9.16. The molecule has 2 N–H and O–H groups in total. The predicted molar refractivity (Wildman–Crippen MR) is 151 cm³/mol. The van der Waals surface area contributed by atoms with Gasteiger partial charge in [-0.3, -0.25) is 0 Å². The highest BCUT2D eigenvalue weighted by molar-refractivity contribution is 5.70. The fourth-order valence-corrected chi connectivity index (χ4v) is 4.04. The van der Waals surface area contributed by atoms with Gasteiger partial charge < -0.3 is 15.2 Å². The quantitative estimate of drug-likeness (QED) is 0.155. The number of hydrogen-bond acceptors (Lipinski definition) is 3. The standard InChI is InChI=1S/C33H37N2O2/c34-21-9-1-2-10-22-35-23-19-28(20-24-35)15-16-29-17-18-32(36-26-30-11-5-3-6-12-30)33(25-29)37-27-31-13-7-4-8-14-31/h3-8,11-20,23-25H,1-2,9-10,21-22,26-27,34H2/q+1/b16-15+. The first-order valence-corrected chi connectivity index (χ1v) is 13.1. The number of aryl methyl sites for hydroxylation is 1. The maximum Gasteiger partial charge on any atom is 0.169 e. The van der Waals surface area contributed by atoms with Crippen molar-refractivity contribution in [3.05, 3.63) is 126 Å². The topological polar surface area (TPSA) is 48.4 Å². The number of nitrogens with two attached hydrogens (primary N) is 1. The molecule has 0 atom stereocenters. The number of unbranched alkanes of at least 4 members (excludes halogenated alkanes) is 3. The van der Waals surface area contributed by atoms with Gasteiger partial charge >= 0.3 is 0 Å². The van der Waals surface area contributed by atoms with Gasteiger partial charge in [0, 0.05) is 18.6 Å². The average Bonchev–Trinajstić information content (AvgIpc) is 2.96. The summed E-state index contributed by atoms with van der Waals surface area (Å²) < 4.78 is 14.6. The lowest BCUT2D eigenvalue weighted by Gasteiger charge is -2.14. The van der Waals surface area contributed by atoms with Crippen molar-refractivity contribution in [3.8, 4) is 11.5 Å². The van der Waals surface area contributed by atoms with Gasteiger partial charge in [-0.05, 0) is 53.8 Å². The SMILES string of the molecule is NCCCCCC[n+]1ccc(/C=C/c2ccc(OCc3ccccc3)c(OCc3ccccc3)c2)cc1. The van der Waals surface area contributed by atoms with Crippen LogP contribution in [0.1, 0.15) is 47.9 Å². The number of rotatable bonds is 14. The maximum absolute atomic E-state index is 6.21. The Labute approximate surface area is 221 Å². The number of benzene rings is 3. The van der Waals surface area contributed by atoms with Crippen LogP contribution in [0.4, 0.5) is 0 Å². The molecule has 0 aliphatic rings. The minimum absolute atomic E-state index is 0.487. The molecule has 1 aromatic heterocycles. The van der Waals surface area contributed by atoms with Crippen molar-refractivity contribution >= 4 is 12.2 Å². The summed E-state index contributed by atoms with van der Waals surface area (Å²) in [6.07, 6.45) is 13.3. The van der Waals surface area contributed by atoms with Crippen molar-refractivity contribution in [1.82, 2.24) is 0 Å². The molecule has 0 fully saturated rings. The molecule has 1 heterocycles. The smallest absolute Gasteiger partial charge is 0.169 e. The second-order valence-corrected chi connectivity index (χ2v) is 9.16. The number of ether oxygens (including phenoxy) is 2. The van der Waals surface area contributed by atoms with Crippen LogP contribution in [0.5, 0.6) is 11.5 Å². The van der Waals surface area contributed by atoms with Gasteiger partial charge in [-0.2, -0.15) is 0 Å². The lowest BCUT2D eigenvalue weighted by molar-refractivity contribution is -0.697. The fourth-order valence-electron chi connectivity index (χ4n) is 4.04. The van der Waals surface area contributed by atoms with E-state index in [-0.39, 0.29) is 0 Å². The predicted octanol–water partition coefficient (Wildman–Crippen LogP) is 6.82. The summed E-state index contributed by atoms with van der Waals surface area (Å²) in [5.74, 6) is 1.48. The molecule has 0 spiro atoms. The highest BCUT2D eigenvalue weighted by atomic mass is 16.5. The third-order valence-corrected chi connectivity index (χ3v) is 6.20. The molecule has 0 amide bonds. The van der Waals surface area contributed by atoms with Gasteiger partial charge in [-0.1, -0.05) is 85.3 Å². The van der Waals surface area contributed by atoms with Crippen molar-refractivity contribution in [2.75, 3.05) is 6.54 Å². The van der Waals surface area contributed by atoms with Crippen LogP contribution in [0, 0.1) is 0 Å². The third-order valence-electron chi connectivity index (χ3n) is 6.20. The summed E-state index contributed by atoms with van der Waals surface area (Å²) in [5.41, 5.74) is 10.0. The molecule has 0 aliphatic carbocycles. The molecule has 4 nitrogen and oxygen atoms in total. The van der Waals surface area contributed by atoms with Gasteiger partial charge in [0.25, 0.3) is 0 Å². The molecule has 3 aromatic carbocycles. The van der Waals surface area contributed by atoms with Crippen LogP contribution < -0.4 is 19.8 Å². The molecule has 0 bridgehead atoms. The Bertz CT molecular complexity index is 1220. The molecule has 190 valence electrons. The summed E-state index contributed by atoms with van der Waals surface area (Å²) >= 11 is 0. The van der Waals surface area contributed by atoms with E-state index >= 15 is 0 Å². The van der Waals surface area contributed by atoms with E-state index in [1.807, 2.05) is 48.5 Å². The summed E-state index contributed by atoms with van der Waals surface area (Å²) in [6, 6.07) is 30.8. The molecule has 4 aromatic rings. The van der Waals surface area contributed by atoms with Gasteiger partial charge in [0.05, 0.1) is 0 Å². The highest BCUT2D eigenvalue weighted by Gasteiger charge is 2.08. The van der Waals surface area contributed by atoms with E-state index in [0.717, 1.165) is 53.3 Å². The van der Waals surface area contributed by atoms with E-state index in [1.165, 1.54) is 19.3 Å². The second kappa shape index (κ2) is 14.6. The molecule has 0 unspecified atom stereocenters. The molecule has 0 saturated heterocycles. The first-order valence-electron chi connectivity index (χ1n) is 13.1. The molecular weight excluding hydrogens is 456 g/mol. The zero-order valence-electron chi connectivity index (χ0n) is 21.5. The van der Waals surface area contributed by atoms with E-state index < -0.39 is 0 Å². The Balaban J connectivity index is 1.41. The molecular formula is C33H37N2O2+. The van der Waals surface area contributed by atoms with E-state index in [9.17, 15) is 0 Å². The Morgan fingerprint density at radius 2 is 1.19 bits per heavy atom. The minimum Gasteiger partial charge on any atom is -0.485 e. The first-order chi connectivity index (χ1) is 18.3. The van der Waals surface area contributed by atoms with E-state index in [2.05, 4.69) is 71.6 Å². The Morgan fingerprint density at radius 1 is 0.595 bits per heavy atom. The Kier molecular flexibility index (Phi) is 10.3. The van der Waals surface area contributed by atoms with E-state index in [0.29, 0.717) is 13.2 Å². The summed E-state index contributed by atoms with van der Waals surface area (Å²) in [7, 11) is 0. The lowest BCUT2D eigenvalue weighted by Crippen LogP contribution is -2.32. The number of hydrogen-bond donors (Lipinski definition) is 1. The first kappa shape index (κ1) is 26.2. The fraction of sp³-hybridized carbons (Fsp3) is 0.242. The van der Waals surface area contributed by atoms with Gasteiger partial charge in [0.15, 0.2) is 23.9 Å². The van der Waals surface area contributed by atoms with Crippen molar-refractivity contribution in [1.29, 1.82) is 0 Å². The van der Waals surface area contributed by atoms with Gasteiger partial charge in [-0.15, -0.1) is 0 Å². The van der Waals surface area contributed by atoms with Crippen LogP contribution in [-0.2, 0) is 19.8 Å². The van der Waals surface area contributed by atoms with Crippen LogP contribution in [0.15, 0.2) is 103 Å². The molecule has 0 radical (unpaired) electrons. The average molecular weight is 494 g/mol. The monoisotopic (exact) mass is 493 g/mol. The summed E-state index contributed by atoms with van der Waals surface area (Å²) in [6.45, 7) is 2.81. The largest absolute Gasteiger partial charge is 0.485 e. The Morgan fingerprint density at radius 3 is 1.84 bits per heavy atom. The number of aromatic nitrogens is 1. The number of pyridine rings is 1. The lowest BCUT2D eigenvalue weighted by atomic mass is 10.1. The molecule has 4 rings (SSSR count). The van der Waals surface area contributed by atoms with E-state index in [1.54, 1.807) is 0 Å². The Hall–Kier alpha value is -3.89. The highest BCUT2D eigenvalue weighted by Crippen LogP contribution is 2.31. The normalized spacial score (nSPS) is 11.1. The maximum atomic E-state index is 6.21. The van der Waals surface area contributed by atoms with Crippen LogP contribution in [0.2, 0.25) is 0 Å². The van der Waals surface area contributed by atoms with Crippen LogP contribution >= 0.6 is 0 Å². The van der Waals surface area contributed by atoms with Gasteiger partial charge in [-0.25, -0.2) is 4.57 Å². The summed E-state index contributed by atoms with van der Waals surface area (Å²) in [5, 5.41) is 0. The molecule has 4 heteroatoms. The van der Waals surface area contributed by atoms with Crippen LogP contribution in [-0.4, -0.2) is 6.54 Å². The molecule has 0 saturated carbocycles. The molecule has 0 aliphatic heterocycles.